The number of fused-ring (bicyclic) bond motifs is 2. The van der Waals surface area contributed by atoms with E-state index in [9.17, 15) is 9.59 Å². The number of hydrogen-bond donors (Lipinski definition) is 0. The van der Waals surface area contributed by atoms with Gasteiger partial charge in [0, 0.05) is 20.6 Å². The predicted molar refractivity (Wildman–Crippen MR) is 135 cm³/mol. The van der Waals surface area contributed by atoms with Crippen LogP contribution >= 0.6 is 0 Å². The summed E-state index contributed by atoms with van der Waals surface area (Å²) in [6, 6.07) is 24.7. The van der Waals surface area contributed by atoms with Crippen LogP contribution in [0.25, 0.3) is 21.9 Å². The molecular weight excluding hydrogens is 426 g/mol. The van der Waals surface area contributed by atoms with Gasteiger partial charge in [-0.05, 0) is 28.9 Å². The summed E-state index contributed by atoms with van der Waals surface area (Å²) >= 11 is 0. The molecule has 0 N–H and O–H groups in total. The van der Waals surface area contributed by atoms with E-state index in [4.69, 9.17) is 4.98 Å². The quantitative estimate of drug-likeness (QED) is 0.396. The van der Waals surface area contributed by atoms with E-state index in [2.05, 4.69) is 41.3 Å². The molecule has 0 bridgehead atoms. The molecule has 2 aromatic heterocycles. The van der Waals surface area contributed by atoms with E-state index >= 15 is 0 Å². The highest BCUT2D eigenvalue weighted by Crippen LogP contribution is 2.22. The number of nitrogens with zero attached hydrogens (tertiary/aromatic N) is 5. The fraction of sp³-hybridized carbons (Fsp3) is 0.222. The van der Waals surface area contributed by atoms with Crippen molar-refractivity contribution in [3.63, 3.8) is 0 Å². The number of rotatable bonds is 6. The molecule has 0 aliphatic heterocycles. The van der Waals surface area contributed by atoms with Gasteiger partial charge in [-0.25, -0.2) is 9.78 Å². The first-order chi connectivity index (χ1) is 16.4. The molecule has 172 valence electrons. The number of hydrogen-bond acceptors (Lipinski definition) is 4. The highest BCUT2D eigenvalue weighted by molar-refractivity contribution is 5.85. The Morgan fingerprint density at radius 2 is 1.53 bits per heavy atom. The highest BCUT2D eigenvalue weighted by atomic mass is 16.2. The Kier molecular flexibility index (Phi) is 5.63. The topological polar surface area (TPSA) is 65.1 Å². The van der Waals surface area contributed by atoms with Crippen molar-refractivity contribution in [3.05, 3.63) is 111 Å². The molecule has 0 amide bonds. The minimum Gasteiger partial charge on any atom is -0.317 e. The van der Waals surface area contributed by atoms with Crippen molar-refractivity contribution in [2.45, 2.75) is 19.6 Å². The lowest BCUT2D eigenvalue weighted by Gasteiger charge is -2.18. The second-order valence-electron chi connectivity index (χ2n) is 8.79. The van der Waals surface area contributed by atoms with Crippen LogP contribution in [0.4, 0.5) is 0 Å². The van der Waals surface area contributed by atoms with Gasteiger partial charge in [0.15, 0.2) is 11.2 Å². The molecule has 7 heteroatoms. The molecule has 0 spiro atoms. The molecule has 2 heterocycles. The van der Waals surface area contributed by atoms with Gasteiger partial charge in [0.25, 0.3) is 5.56 Å². The van der Waals surface area contributed by atoms with Gasteiger partial charge in [0.05, 0.1) is 13.1 Å². The van der Waals surface area contributed by atoms with Crippen LogP contribution in [-0.2, 0) is 33.7 Å². The van der Waals surface area contributed by atoms with E-state index in [1.54, 1.807) is 7.05 Å². The summed E-state index contributed by atoms with van der Waals surface area (Å²) in [7, 11) is 5.21. The van der Waals surface area contributed by atoms with E-state index in [0.29, 0.717) is 24.3 Å². The number of aromatic nitrogens is 4. The molecule has 0 aliphatic rings. The van der Waals surface area contributed by atoms with E-state index < -0.39 is 0 Å². The third kappa shape index (κ3) is 3.84. The normalized spacial score (nSPS) is 11.6. The fourth-order valence-electron chi connectivity index (χ4n) is 4.58. The van der Waals surface area contributed by atoms with Crippen LogP contribution in [0, 0.1) is 0 Å². The Balaban J connectivity index is 1.65. The standard InChI is InChI=1S/C27H27N5O2/c1-29(16-19-10-5-4-6-11-19)18-23-28-25-24(26(33)31(3)27(34)30(25)2)32(23)17-21-14-9-13-20-12-7-8-15-22(20)21/h4-15H,16-18H2,1-3H3. The summed E-state index contributed by atoms with van der Waals surface area (Å²) < 4.78 is 4.58. The summed E-state index contributed by atoms with van der Waals surface area (Å²) in [6.07, 6.45) is 0. The van der Waals surface area contributed by atoms with Crippen LogP contribution in [0.3, 0.4) is 0 Å². The average Bonchev–Trinajstić information content (AvgIpc) is 3.20. The van der Waals surface area contributed by atoms with E-state index in [0.717, 1.165) is 33.3 Å². The van der Waals surface area contributed by atoms with Crippen molar-refractivity contribution >= 4 is 21.9 Å². The molecule has 5 rings (SSSR count). The predicted octanol–water partition coefficient (Wildman–Crippen LogP) is 3.27. The van der Waals surface area contributed by atoms with E-state index in [-0.39, 0.29) is 11.2 Å². The molecule has 0 unspecified atom stereocenters. The molecule has 0 aliphatic carbocycles. The van der Waals surface area contributed by atoms with Crippen molar-refractivity contribution in [3.8, 4) is 0 Å². The van der Waals surface area contributed by atoms with Crippen LogP contribution in [0.15, 0.2) is 82.4 Å². The third-order valence-corrected chi connectivity index (χ3v) is 6.34. The summed E-state index contributed by atoms with van der Waals surface area (Å²) in [6.45, 7) is 1.76. The Morgan fingerprint density at radius 1 is 0.824 bits per heavy atom. The van der Waals surface area contributed by atoms with Crippen LogP contribution in [0.2, 0.25) is 0 Å². The van der Waals surface area contributed by atoms with Gasteiger partial charge < -0.3 is 4.57 Å². The lowest BCUT2D eigenvalue weighted by atomic mass is 10.0. The zero-order chi connectivity index (χ0) is 23.8. The Morgan fingerprint density at radius 3 is 2.32 bits per heavy atom. The summed E-state index contributed by atoms with van der Waals surface area (Å²) in [5.74, 6) is 0.750. The molecule has 0 saturated heterocycles. The van der Waals surface area contributed by atoms with Crippen LogP contribution < -0.4 is 11.2 Å². The van der Waals surface area contributed by atoms with Gasteiger partial charge in [-0.2, -0.15) is 0 Å². The van der Waals surface area contributed by atoms with Gasteiger partial charge in [-0.15, -0.1) is 0 Å². The second-order valence-corrected chi connectivity index (χ2v) is 8.79. The largest absolute Gasteiger partial charge is 0.332 e. The second kappa shape index (κ2) is 8.76. The SMILES string of the molecule is CN(Cc1ccccc1)Cc1nc2c(c(=O)n(C)c(=O)n2C)n1Cc1cccc2ccccc12. The zero-order valence-electron chi connectivity index (χ0n) is 19.6. The minimum atomic E-state index is -0.378. The summed E-state index contributed by atoms with van der Waals surface area (Å²) in [4.78, 5) is 32.8. The number of imidazole rings is 1. The Labute approximate surface area is 197 Å². The lowest BCUT2D eigenvalue weighted by Crippen LogP contribution is -2.37. The molecular formula is C27H27N5O2. The van der Waals surface area contributed by atoms with Gasteiger partial charge in [-0.1, -0.05) is 72.8 Å². The van der Waals surface area contributed by atoms with E-state index in [1.807, 2.05) is 48.0 Å². The van der Waals surface area contributed by atoms with Crippen molar-refractivity contribution in [2.75, 3.05) is 7.05 Å². The lowest BCUT2D eigenvalue weighted by molar-refractivity contribution is 0.306. The first-order valence-corrected chi connectivity index (χ1v) is 11.3. The molecule has 0 radical (unpaired) electrons. The molecule has 34 heavy (non-hydrogen) atoms. The van der Waals surface area contributed by atoms with Gasteiger partial charge in [0.2, 0.25) is 0 Å². The summed E-state index contributed by atoms with van der Waals surface area (Å²) in [5, 5.41) is 2.28. The first-order valence-electron chi connectivity index (χ1n) is 11.3. The molecule has 7 nitrogen and oxygen atoms in total. The zero-order valence-corrected chi connectivity index (χ0v) is 19.6. The summed E-state index contributed by atoms with van der Waals surface area (Å²) in [5.41, 5.74) is 2.45. The molecule has 5 aromatic rings. The molecule has 0 fully saturated rings. The Hall–Kier alpha value is -3.97. The Bertz CT molecular complexity index is 1610. The van der Waals surface area contributed by atoms with Gasteiger partial charge in [-0.3, -0.25) is 18.8 Å². The molecule has 0 saturated carbocycles. The van der Waals surface area contributed by atoms with Crippen molar-refractivity contribution in [1.29, 1.82) is 0 Å². The van der Waals surface area contributed by atoms with Crippen LogP contribution in [-0.4, -0.2) is 30.6 Å². The molecule has 3 aromatic carbocycles. The maximum Gasteiger partial charge on any atom is 0.332 e. The highest BCUT2D eigenvalue weighted by Gasteiger charge is 2.20. The van der Waals surface area contributed by atoms with Crippen LogP contribution in [0.5, 0.6) is 0 Å². The van der Waals surface area contributed by atoms with Crippen molar-refractivity contribution in [2.24, 2.45) is 14.1 Å². The number of benzene rings is 3. The van der Waals surface area contributed by atoms with Gasteiger partial charge >= 0.3 is 5.69 Å². The monoisotopic (exact) mass is 453 g/mol. The third-order valence-electron chi connectivity index (χ3n) is 6.34. The van der Waals surface area contributed by atoms with Crippen LogP contribution in [0.1, 0.15) is 17.0 Å². The fourth-order valence-corrected chi connectivity index (χ4v) is 4.58. The maximum absolute atomic E-state index is 13.2. The van der Waals surface area contributed by atoms with E-state index in [1.165, 1.54) is 17.2 Å². The van der Waals surface area contributed by atoms with Crippen molar-refractivity contribution < 1.29 is 0 Å². The smallest absolute Gasteiger partial charge is 0.317 e. The number of aryl methyl sites for hydroxylation is 1. The first kappa shape index (κ1) is 21.9. The minimum absolute atomic E-state index is 0.331. The maximum atomic E-state index is 13.2. The van der Waals surface area contributed by atoms with Crippen molar-refractivity contribution in [1.82, 2.24) is 23.6 Å². The molecule has 0 atom stereocenters. The average molecular weight is 454 g/mol. The van der Waals surface area contributed by atoms with Gasteiger partial charge in [0.1, 0.15) is 5.82 Å².